The second-order valence-electron chi connectivity index (χ2n) is 7.07. The summed E-state index contributed by atoms with van der Waals surface area (Å²) in [5, 5.41) is 5.01. The maximum Gasteiger partial charge on any atom is 0.312 e. The number of fused-ring (bicyclic) bond motifs is 1. The average Bonchev–Trinajstić information content (AvgIpc) is 2.70. The van der Waals surface area contributed by atoms with Gasteiger partial charge in [-0.1, -0.05) is 11.6 Å². The van der Waals surface area contributed by atoms with Crippen molar-refractivity contribution in [1.29, 1.82) is 0 Å². The molecule has 0 radical (unpaired) electrons. The molecule has 0 spiro atoms. The Hall–Kier alpha value is -1.56. The van der Waals surface area contributed by atoms with Crippen LogP contribution in [0.5, 0.6) is 5.75 Å². The van der Waals surface area contributed by atoms with E-state index in [2.05, 4.69) is 10.3 Å². The van der Waals surface area contributed by atoms with Gasteiger partial charge in [-0.15, -0.1) is 12.4 Å². The zero-order valence-electron chi connectivity index (χ0n) is 16.4. The highest BCUT2D eigenvalue weighted by Crippen LogP contribution is 2.37. The van der Waals surface area contributed by atoms with E-state index in [-0.39, 0.29) is 23.8 Å². The number of nitrogens with zero attached hydrogens (tertiary/aromatic N) is 1. The lowest BCUT2D eigenvalue weighted by Crippen LogP contribution is -2.43. The first kappa shape index (κ1) is 22.7. The summed E-state index contributed by atoms with van der Waals surface area (Å²) in [6.45, 7) is 4.00. The minimum atomic E-state index is -0.381. The number of aryl methyl sites for hydroxylation is 1. The van der Waals surface area contributed by atoms with Crippen LogP contribution in [0.4, 0.5) is 0 Å². The molecular weight excluding hydrogens is 399 g/mol. The molecule has 0 saturated carbocycles. The molecule has 1 aromatic heterocycles. The summed E-state index contributed by atoms with van der Waals surface area (Å²) in [7, 11) is 1.65. The normalized spacial score (nSPS) is 15.7. The molecule has 0 amide bonds. The number of halogens is 2. The van der Waals surface area contributed by atoms with Gasteiger partial charge in [-0.3, -0.25) is 9.78 Å². The van der Waals surface area contributed by atoms with E-state index >= 15 is 0 Å². The highest BCUT2D eigenvalue weighted by atomic mass is 35.5. The first-order valence-electron chi connectivity index (χ1n) is 9.59. The molecule has 1 aromatic carbocycles. The Morgan fingerprint density at radius 3 is 2.75 bits per heavy atom. The molecular formula is C21H28Cl2N2O3. The van der Waals surface area contributed by atoms with Crippen molar-refractivity contribution >= 4 is 40.9 Å². The van der Waals surface area contributed by atoms with Crippen molar-refractivity contribution in [3.8, 4) is 5.75 Å². The van der Waals surface area contributed by atoms with Crippen molar-refractivity contribution in [3.05, 3.63) is 35.0 Å². The minimum absolute atomic E-state index is 0. The predicted octanol–water partition coefficient (Wildman–Crippen LogP) is 4.57. The summed E-state index contributed by atoms with van der Waals surface area (Å²) in [4.78, 5) is 17.0. The first-order chi connectivity index (χ1) is 13.1. The number of aromatic nitrogens is 1. The summed E-state index contributed by atoms with van der Waals surface area (Å²) >= 11 is 6.46. The standard InChI is InChI=1S/C21H27ClN2O3.ClH/c1-3-27-20(25)21(9-11-23-12-10-21)8-4-5-16-17-13-15(26-2)6-7-19(17)24-14-18(16)22;/h6-7,13-14,23H,3-5,8-12H2,1-2H3;1H. The van der Waals surface area contributed by atoms with E-state index in [0.717, 1.165) is 67.4 Å². The molecule has 7 heteroatoms. The SMILES string of the molecule is CCOC(=O)C1(CCCc2c(Cl)cnc3ccc(OC)cc23)CCNCC1.Cl. The molecule has 2 heterocycles. The molecule has 5 nitrogen and oxygen atoms in total. The molecule has 28 heavy (non-hydrogen) atoms. The van der Waals surface area contributed by atoms with E-state index in [4.69, 9.17) is 21.1 Å². The van der Waals surface area contributed by atoms with Crippen LogP contribution in [0.1, 0.15) is 38.2 Å². The van der Waals surface area contributed by atoms with Crippen molar-refractivity contribution in [3.63, 3.8) is 0 Å². The number of hydrogen-bond donors (Lipinski definition) is 1. The van der Waals surface area contributed by atoms with E-state index in [1.807, 2.05) is 25.1 Å². The summed E-state index contributed by atoms with van der Waals surface area (Å²) in [6.07, 6.45) is 5.82. The zero-order chi connectivity index (χ0) is 19.3. The molecule has 3 rings (SSSR count). The Kier molecular flexibility index (Phi) is 8.35. The molecule has 0 aliphatic carbocycles. The van der Waals surface area contributed by atoms with Crippen LogP contribution in [0.2, 0.25) is 5.02 Å². The average molecular weight is 427 g/mol. The van der Waals surface area contributed by atoms with Crippen molar-refractivity contribution in [1.82, 2.24) is 10.3 Å². The fourth-order valence-electron chi connectivity index (χ4n) is 3.93. The van der Waals surface area contributed by atoms with Crippen molar-refractivity contribution < 1.29 is 14.3 Å². The lowest BCUT2D eigenvalue weighted by Gasteiger charge is -2.35. The van der Waals surface area contributed by atoms with Gasteiger partial charge < -0.3 is 14.8 Å². The van der Waals surface area contributed by atoms with Crippen LogP contribution >= 0.6 is 24.0 Å². The molecule has 1 fully saturated rings. The fraction of sp³-hybridized carbons (Fsp3) is 0.524. The van der Waals surface area contributed by atoms with Crippen LogP contribution < -0.4 is 10.1 Å². The number of ether oxygens (including phenoxy) is 2. The van der Waals surface area contributed by atoms with Crippen LogP contribution in [0, 0.1) is 5.41 Å². The fourth-order valence-corrected chi connectivity index (χ4v) is 4.18. The van der Waals surface area contributed by atoms with Crippen molar-refractivity contribution in [2.45, 2.75) is 39.0 Å². The molecule has 0 unspecified atom stereocenters. The van der Waals surface area contributed by atoms with Crippen molar-refractivity contribution in [2.75, 3.05) is 26.8 Å². The summed E-state index contributed by atoms with van der Waals surface area (Å²) in [6, 6.07) is 5.83. The number of carbonyl (C=O) groups is 1. The van der Waals surface area contributed by atoms with E-state index in [1.165, 1.54) is 0 Å². The van der Waals surface area contributed by atoms with Gasteiger partial charge in [0.1, 0.15) is 5.75 Å². The number of methoxy groups -OCH3 is 1. The van der Waals surface area contributed by atoms with Crippen LogP contribution in [-0.2, 0) is 16.0 Å². The van der Waals surface area contributed by atoms with Gasteiger partial charge in [0.2, 0.25) is 0 Å². The largest absolute Gasteiger partial charge is 0.497 e. The molecule has 154 valence electrons. The van der Waals surface area contributed by atoms with Crippen LogP contribution in [-0.4, -0.2) is 37.8 Å². The van der Waals surface area contributed by atoms with Gasteiger partial charge in [0.25, 0.3) is 0 Å². The molecule has 1 aliphatic rings. The maximum absolute atomic E-state index is 12.6. The van der Waals surface area contributed by atoms with E-state index < -0.39 is 0 Å². The van der Waals surface area contributed by atoms with E-state index in [9.17, 15) is 4.79 Å². The second-order valence-corrected chi connectivity index (χ2v) is 7.48. The lowest BCUT2D eigenvalue weighted by molar-refractivity contribution is -0.157. The predicted molar refractivity (Wildman–Crippen MR) is 115 cm³/mol. The van der Waals surface area contributed by atoms with Crippen LogP contribution in [0.15, 0.2) is 24.4 Å². The maximum atomic E-state index is 12.6. The summed E-state index contributed by atoms with van der Waals surface area (Å²) in [5.74, 6) is 0.730. The Morgan fingerprint density at radius 1 is 1.32 bits per heavy atom. The zero-order valence-corrected chi connectivity index (χ0v) is 18.0. The summed E-state index contributed by atoms with van der Waals surface area (Å²) < 4.78 is 10.7. The van der Waals surface area contributed by atoms with Gasteiger partial charge in [-0.25, -0.2) is 0 Å². The molecule has 1 aliphatic heterocycles. The molecule has 1 saturated heterocycles. The van der Waals surface area contributed by atoms with Gasteiger partial charge in [-0.05, 0) is 75.9 Å². The van der Waals surface area contributed by atoms with Crippen LogP contribution in [0.3, 0.4) is 0 Å². The number of benzene rings is 1. The first-order valence-corrected chi connectivity index (χ1v) is 9.96. The summed E-state index contributed by atoms with van der Waals surface area (Å²) in [5.41, 5.74) is 1.58. The number of hydrogen-bond acceptors (Lipinski definition) is 5. The lowest BCUT2D eigenvalue weighted by atomic mass is 9.74. The number of carbonyl (C=O) groups excluding carboxylic acids is 1. The topological polar surface area (TPSA) is 60.5 Å². The van der Waals surface area contributed by atoms with Crippen molar-refractivity contribution in [2.24, 2.45) is 5.41 Å². The van der Waals surface area contributed by atoms with E-state index in [1.54, 1.807) is 13.3 Å². The van der Waals surface area contributed by atoms with E-state index in [0.29, 0.717) is 11.6 Å². The number of piperidine rings is 1. The third-order valence-corrected chi connectivity index (χ3v) is 5.81. The number of rotatable bonds is 7. The Bertz CT molecular complexity index is 808. The minimum Gasteiger partial charge on any atom is -0.497 e. The van der Waals surface area contributed by atoms with Gasteiger partial charge in [-0.2, -0.15) is 0 Å². The molecule has 0 atom stereocenters. The Labute approximate surface area is 177 Å². The third-order valence-electron chi connectivity index (χ3n) is 5.49. The quantitative estimate of drug-likeness (QED) is 0.656. The molecule has 0 bridgehead atoms. The highest BCUT2D eigenvalue weighted by molar-refractivity contribution is 6.32. The van der Waals surface area contributed by atoms with Gasteiger partial charge in [0.15, 0.2) is 0 Å². The smallest absolute Gasteiger partial charge is 0.312 e. The Balaban J connectivity index is 0.00000280. The number of nitrogens with one attached hydrogen (secondary N) is 1. The Morgan fingerprint density at radius 2 is 2.07 bits per heavy atom. The molecule has 2 aromatic rings. The third kappa shape index (κ3) is 4.88. The van der Waals surface area contributed by atoms with Crippen LogP contribution in [0.25, 0.3) is 10.9 Å². The highest BCUT2D eigenvalue weighted by Gasteiger charge is 2.40. The second kappa shape index (κ2) is 10.3. The molecule has 1 N–H and O–H groups in total. The number of pyridine rings is 1. The van der Waals surface area contributed by atoms with Gasteiger partial charge in [0.05, 0.1) is 29.7 Å². The monoisotopic (exact) mass is 426 g/mol. The number of esters is 1. The van der Waals surface area contributed by atoms with Gasteiger partial charge in [0, 0.05) is 11.6 Å². The van der Waals surface area contributed by atoms with Gasteiger partial charge >= 0.3 is 5.97 Å².